The fourth-order valence-corrected chi connectivity index (χ4v) is 6.38. The maximum Gasteiger partial charge on any atom is 0.336 e. The van der Waals surface area contributed by atoms with Crippen molar-refractivity contribution in [2.45, 2.75) is 18.1 Å². The molecule has 5 rings (SSSR count). The number of anilines is 1. The molecule has 0 radical (unpaired) electrons. The lowest BCUT2D eigenvalue weighted by Gasteiger charge is -2.57. The van der Waals surface area contributed by atoms with E-state index < -0.39 is 23.6 Å². The van der Waals surface area contributed by atoms with Crippen molar-refractivity contribution < 1.29 is 19.5 Å². The minimum absolute atomic E-state index is 0.172. The molecule has 8 nitrogen and oxygen atoms in total. The summed E-state index contributed by atoms with van der Waals surface area (Å²) >= 11 is 13.6. The topological polar surface area (TPSA) is 105 Å². The van der Waals surface area contributed by atoms with Gasteiger partial charge in [0.15, 0.2) is 5.66 Å². The molecule has 0 aliphatic carbocycles. The molecule has 2 saturated heterocycles. The Bertz CT molecular complexity index is 1430. The summed E-state index contributed by atoms with van der Waals surface area (Å²) < 4.78 is 0. The Kier molecular flexibility index (Phi) is 6.01. The van der Waals surface area contributed by atoms with E-state index in [1.807, 2.05) is 4.90 Å². The quantitative estimate of drug-likeness (QED) is 0.455. The molecular formula is C25H18Cl2N4O4S. The van der Waals surface area contributed by atoms with Crippen LogP contribution in [0, 0.1) is 11.3 Å². The highest BCUT2D eigenvalue weighted by atomic mass is 35.5. The van der Waals surface area contributed by atoms with Gasteiger partial charge in [-0.25, -0.2) is 14.5 Å². The Hall–Kier alpha value is -3.42. The Morgan fingerprint density at radius 1 is 1.17 bits per heavy atom. The highest BCUT2D eigenvalue weighted by molar-refractivity contribution is 7.10. The number of hydrogen-bond acceptors (Lipinski definition) is 6. The van der Waals surface area contributed by atoms with E-state index in [1.54, 1.807) is 42.8 Å². The number of rotatable bonds is 5. The number of carbonyl (C=O) groups is 3. The van der Waals surface area contributed by atoms with Crippen molar-refractivity contribution in [1.82, 2.24) is 9.80 Å². The number of nitriles is 1. The second-order valence-electron chi connectivity index (χ2n) is 8.61. The lowest BCUT2D eigenvalue weighted by Crippen LogP contribution is -2.74. The van der Waals surface area contributed by atoms with Crippen LogP contribution in [0.15, 0.2) is 53.9 Å². The second kappa shape index (κ2) is 8.91. The number of aromatic carboxylic acids is 1. The number of likely N-dealkylation sites (N-methyl/N-ethyl adjacent to an activating group) is 1. The second-order valence-corrected chi connectivity index (χ2v) is 10.5. The summed E-state index contributed by atoms with van der Waals surface area (Å²) in [4.78, 5) is 44.2. The maximum atomic E-state index is 14.2. The first-order chi connectivity index (χ1) is 17.2. The van der Waals surface area contributed by atoms with Crippen LogP contribution in [0.3, 0.4) is 0 Å². The van der Waals surface area contributed by atoms with Gasteiger partial charge in [0.25, 0.3) is 5.91 Å². The summed E-state index contributed by atoms with van der Waals surface area (Å²) in [6.45, 7) is 0.720. The van der Waals surface area contributed by atoms with Crippen LogP contribution in [-0.2, 0) is 11.3 Å². The number of thiophene rings is 1. The zero-order chi connectivity index (χ0) is 25.8. The van der Waals surface area contributed by atoms with Crippen molar-refractivity contribution in [1.29, 1.82) is 5.26 Å². The van der Waals surface area contributed by atoms with E-state index in [0.29, 0.717) is 12.1 Å². The summed E-state index contributed by atoms with van der Waals surface area (Å²) in [6, 6.07) is 14.6. The molecule has 1 unspecified atom stereocenters. The standard InChI is InChI=1S/C25H18Cl2N4O4S/c1-29-24(35)31(19-8-17(26)7-18(27)9-19)23(34)25(29)21(15-4-2-14(10-28)3-5-15)12-30(25)11-20-6-16(13-36-20)22(32)33/h2-9,13,21H,11-12H2,1H3,(H,32,33)/t21-,25?/m1/s1. The van der Waals surface area contributed by atoms with Gasteiger partial charge in [-0.15, -0.1) is 11.3 Å². The fourth-order valence-electron chi connectivity index (χ4n) is 4.99. The van der Waals surface area contributed by atoms with Crippen LogP contribution in [0.4, 0.5) is 10.5 Å². The van der Waals surface area contributed by atoms with E-state index >= 15 is 0 Å². The predicted octanol–water partition coefficient (Wildman–Crippen LogP) is 5.02. The Balaban J connectivity index is 1.58. The SMILES string of the molecule is CN1C(=O)N(c2cc(Cl)cc(Cl)c2)C(=O)C12[C@@H](c1ccc(C#N)cc1)CN2Cc1cc(C(=O)O)cs1. The molecule has 2 aromatic carbocycles. The minimum atomic E-state index is -1.35. The number of likely N-dealkylation sites (tertiary alicyclic amines) is 1. The number of halogens is 2. The van der Waals surface area contributed by atoms with Gasteiger partial charge in [-0.2, -0.15) is 5.26 Å². The summed E-state index contributed by atoms with van der Waals surface area (Å²) in [6.07, 6.45) is 0. The van der Waals surface area contributed by atoms with Gasteiger partial charge in [0.05, 0.1) is 22.9 Å². The fraction of sp³-hybridized carbons (Fsp3) is 0.200. The first-order valence-electron chi connectivity index (χ1n) is 10.8. The van der Waals surface area contributed by atoms with Crippen LogP contribution in [-0.4, -0.2) is 52.1 Å². The molecule has 182 valence electrons. The molecule has 1 spiro atoms. The van der Waals surface area contributed by atoms with E-state index in [9.17, 15) is 24.8 Å². The molecule has 2 aliphatic rings. The van der Waals surface area contributed by atoms with Gasteiger partial charge in [-0.3, -0.25) is 14.6 Å². The van der Waals surface area contributed by atoms with Crippen molar-refractivity contribution in [3.8, 4) is 6.07 Å². The molecule has 2 atom stereocenters. The largest absolute Gasteiger partial charge is 0.478 e. The van der Waals surface area contributed by atoms with Crippen molar-refractivity contribution >= 4 is 58.1 Å². The van der Waals surface area contributed by atoms with Gasteiger partial charge in [-0.05, 0) is 42.0 Å². The molecule has 1 aromatic heterocycles. The summed E-state index contributed by atoms with van der Waals surface area (Å²) in [5.74, 6) is -1.87. The van der Waals surface area contributed by atoms with Crippen LogP contribution >= 0.6 is 34.5 Å². The number of hydrogen-bond donors (Lipinski definition) is 1. The summed E-state index contributed by atoms with van der Waals surface area (Å²) in [5.41, 5.74) is 0.377. The van der Waals surface area contributed by atoms with Crippen molar-refractivity contribution in [2.75, 3.05) is 18.5 Å². The number of imide groups is 1. The number of nitrogens with zero attached hydrogens (tertiary/aromatic N) is 4. The Morgan fingerprint density at radius 2 is 1.83 bits per heavy atom. The van der Waals surface area contributed by atoms with Gasteiger partial charge in [-0.1, -0.05) is 35.3 Å². The number of benzene rings is 2. The third kappa shape index (κ3) is 3.65. The van der Waals surface area contributed by atoms with E-state index in [2.05, 4.69) is 6.07 Å². The van der Waals surface area contributed by atoms with Crippen LogP contribution in [0.2, 0.25) is 10.0 Å². The van der Waals surface area contributed by atoms with Crippen LogP contribution < -0.4 is 4.90 Å². The average Bonchev–Trinajstić information content (AvgIpc) is 3.38. The number of carbonyl (C=O) groups excluding carboxylic acids is 2. The van der Waals surface area contributed by atoms with E-state index in [4.69, 9.17) is 23.2 Å². The maximum absolute atomic E-state index is 14.2. The Morgan fingerprint density at radius 3 is 2.42 bits per heavy atom. The van der Waals surface area contributed by atoms with E-state index in [-0.39, 0.29) is 33.8 Å². The van der Waals surface area contributed by atoms with Crippen molar-refractivity contribution in [3.63, 3.8) is 0 Å². The number of carboxylic acid groups (broad SMARTS) is 1. The zero-order valence-electron chi connectivity index (χ0n) is 18.8. The molecule has 3 aromatic rings. The van der Waals surface area contributed by atoms with Gasteiger partial charge in [0.1, 0.15) is 0 Å². The summed E-state index contributed by atoms with van der Waals surface area (Å²) in [5, 5.41) is 20.6. The highest BCUT2D eigenvalue weighted by Gasteiger charge is 2.69. The van der Waals surface area contributed by atoms with Crippen LogP contribution in [0.5, 0.6) is 0 Å². The summed E-state index contributed by atoms with van der Waals surface area (Å²) in [7, 11) is 1.58. The molecule has 36 heavy (non-hydrogen) atoms. The van der Waals surface area contributed by atoms with Gasteiger partial charge in [0, 0.05) is 46.4 Å². The molecular weight excluding hydrogens is 523 g/mol. The molecule has 1 N–H and O–H groups in total. The van der Waals surface area contributed by atoms with Crippen LogP contribution in [0.1, 0.15) is 32.3 Å². The average molecular weight is 541 g/mol. The molecule has 0 bridgehead atoms. The zero-order valence-corrected chi connectivity index (χ0v) is 21.1. The molecule has 11 heteroatoms. The van der Waals surface area contributed by atoms with Gasteiger partial charge >= 0.3 is 12.0 Å². The predicted molar refractivity (Wildman–Crippen MR) is 135 cm³/mol. The lowest BCUT2D eigenvalue weighted by atomic mass is 9.75. The van der Waals surface area contributed by atoms with Crippen LogP contribution in [0.25, 0.3) is 0 Å². The number of carboxylic acids is 1. The first kappa shape index (κ1) is 24.3. The molecule has 2 fully saturated rings. The van der Waals surface area contributed by atoms with Gasteiger partial charge in [0.2, 0.25) is 0 Å². The number of amides is 3. The molecule has 3 amide bonds. The third-order valence-electron chi connectivity index (χ3n) is 6.67. The molecule has 3 heterocycles. The lowest BCUT2D eigenvalue weighted by molar-refractivity contribution is -0.158. The Labute approximate surface area is 220 Å². The normalized spacial score (nSPS) is 21.7. The number of urea groups is 1. The molecule has 2 aliphatic heterocycles. The van der Waals surface area contributed by atoms with Crippen molar-refractivity contribution in [3.05, 3.63) is 85.5 Å². The molecule has 0 saturated carbocycles. The van der Waals surface area contributed by atoms with Gasteiger partial charge < -0.3 is 5.11 Å². The van der Waals surface area contributed by atoms with E-state index in [0.717, 1.165) is 15.3 Å². The minimum Gasteiger partial charge on any atom is -0.478 e. The van der Waals surface area contributed by atoms with E-state index in [1.165, 1.54) is 34.4 Å². The smallest absolute Gasteiger partial charge is 0.336 e. The van der Waals surface area contributed by atoms with Crippen molar-refractivity contribution in [2.24, 2.45) is 0 Å². The monoisotopic (exact) mass is 540 g/mol. The highest BCUT2D eigenvalue weighted by Crippen LogP contribution is 2.52. The third-order valence-corrected chi connectivity index (χ3v) is 8.03. The first-order valence-corrected chi connectivity index (χ1v) is 12.4.